The highest BCUT2D eigenvalue weighted by Gasteiger charge is 2.25. The zero-order valence-corrected chi connectivity index (χ0v) is 13.5. The molecular formula is C14H13FN4OS2. The summed E-state index contributed by atoms with van der Waals surface area (Å²) < 4.78 is 15.0. The number of carbonyl (C=O) groups excluding carboxylic acids is 1. The molecule has 0 spiro atoms. The van der Waals surface area contributed by atoms with Crippen LogP contribution < -0.4 is 4.80 Å². The van der Waals surface area contributed by atoms with Crippen LogP contribution in [0, 0.1) is 18.3 Å². The average Bonchev–Trinajstić information content (AvgIpc) is 3.18. The highest BCUT2D eigenvalue weighted by Crippen LogP contribution is 2.21. The maximum atomic E-state index is 13.2. The van der Waals surface area contributed by atoms with Crippen molar-refractivity contribution in [2.45, 2.75) is 19.5 Å². The van der Waals surface area contributed by atoms with Gasteiger partial charge in [-0.2, -0.15) is 10.3 Å². The molecule has 3 rings (SSSR count). The van der Waals surface area contributed by atoms with Crippen LogP contribution in [0.2, 0.25) is 0 Å². The largest absolute Gasteiger partial charge is 0.346 e. The Morgan fingerprint density at radius 3 is 3.09 bits per heavy atom. The predicted octanol–water partition coefficient (Wildman–Crippen LogP) is 2.84. The van der Waals surface area contributed by atoms with Gasteiger partial charge in [0.25, 0.3) is 0 Å². The second kappa shape index (κ2) is 6.02. The van der Waals surface area contributed by atoms with Gasteiger partial charge < -0.3 is 4.90 Å². The first-order chi connectivity index (χ1) is 10.6. The minimum Gasteiger partial charge on any atom is -0.320 e. The van der Waals surface area contributed by atoms with E-state index in [-0.39, 0.29) is 6.54 Å². The SMILES string of the molecule is Cc1cn(-c2sccc2C#N)c(=NC(=O)N2CC[C@@H](F)C2)s1. The molecule has 114 valence electrons. The summed E-state index contributed by atoms with van der Waals surface area (Å²) in [6.07, 6.45) is 1.26. The molecule has 22 heavy (non-hydrogen) atoms. The maximum absolute atomic E-state index is 13.2. The van der Waals surface area contributed by atoms with E-state index < -0.39 is 12.2 Å². The first kappa shape index (κ1) is 14.9. The van der Waals surface area contributed by atoms with Crippen LogP contribution in [-0.2, 0) is 0 Å². The summed E-state index contributed by atoms with van der Waals surface area (Å²) in [4.78, 5) is 19.2. The Morgan fingerprint density at radius 1 is 1.59 bits per heavy atom. The molecule has 1 fully saturated rings. The lowest BCUT2D eigenvalue weighted by molar-refractivity contribution is 0.213. The Hall–Kier alpha value is -1.98. The zero-order chi connectivity index (χ0) is 15.7. The Labute approximate surface area is 134 Å². The van der Waals surface area contributed by atoms with Gasteiger partial charge in [-0.05, 0) is 24.8 Å². The van der Waals surface area contributed by atoms with Crippen molar-refractivity contribution in [3.05, 3.63) is 32.9 Å². The van der Waals surface area contributed by atoms with E-state index in [1.54, 1.807) is 10.6 Å². The van der Waals surface area contributed by atoms with Gasteiger partial charge >= 0.3 is 6.03 Å². The van der Waals surface area contributed by atoms with E-state index in [9.17, 15) is 9.18 Å². The van der Waals surface area contributed by atoms with E-state index in [0.717, 1.165) is 9.88 Å². The highest BCUT2D eigenvalue weighted by atomic mass is 32.1. The molecule has 1 atom stereocenters. The van der Waals surface area contributed by atoms with E-state index in [4.69, 9.17) is 5.26 Å². The maximum Gasteiger partial charge on any atom is 0.346 e. The van der Waals surface area contributed by atoms with Gasteiger partial charge in [0, 0.05) is 17.6 Å². The number of alkyl halides is 1. The smallest absolute Gasteiger partial charge is 0.320 e. The van der Waals surface area contributed by atoms with Crippen molar-refractivity contribution in [3.8, 4) is 11.1 Å². The summed E-state index contributed by atoms with van der Waals surface area (Å²) in [5, 5.41) is 11.7. The Bertz CT molecular complexity index is 813. The molecule has 1 aliphatic heterocycles. The number of amides is 2. The van der Waals surface area contributed by atoms with Gasteiger partial charge in [0.1, 0.15) is 17.2 Å². The molecule has 2 aromatic rings. The van der Waals surface area contributed by atoms with Crippen molar-refractivity contribution in [2.24, 2.45) is 4.99 Å². The lowest BCUT2D eigenvalue weighted by Gasteiger charge is -2.10. The molecule has 0 saturated carbocycles. The quantitative estimate of drug-likeness (QED) is 0.804. The number of thiophene rings is 1. The molecule has 1 aliphatic rings. The first-order valence-electron chi connectivity index (χ1n) is 6.73. The molecule has 0 N–H and O–H groups in total. The molecule has 2 amide bonds. The van der Waals surface area contributed by atoms with Gasteiger partial charge in [-0.3, -0.25) is 4.57 Å². The monoisotopic (exact) mass is 336 g/mol. The van der Waals surface area contributed by atoms with Gasteiger partial charge in [-0.1, -0.05) is 0 Å². The third-order valence-corrected chi connectivity index (χ3v) is 5.16. The van der Waals surface area contributed by atoms with Crippen molar-refractivity contribution in [3.63, 3.8) is 0 Å². The summed E-state index contributed by atoms with van der Waals surface area (Å²) in [5.74, 6) is 0. The third-order valence-electron chi connectivity index (χ3n) is 3.35. The second-order valence-corrected chi connectivity index (χ2v) is 7.08. The number of rotatable bonds is 1. The van der Waals surface area contributed by atoms with Crippen molar-refractivity contribution in [2.75, 3.05) is 13.1 Å². The molecule has 0 radical (unpaired) electrons. The number of nitrogens with zero attached hydrogens (tertiary/aromatic N) is 4. The second-order valence-electron chi connectivity index (χ2n) is 4.97. The van der Waals surface area contributed by atoms with Crippen molar-refractivity contribution >= 4 is 28.7 Å². The normalized spacial score (nSPS) is 18.7. The molecule has 5 nitrogen and oxygen atoms in total. The van der Waals surface area contributed by atoms with E-state index in [0.29, 0.717) is 23.3 Å². The molecule has 1 saturated heterocycles. The topological polar surface area (TPSA) is 61.4 Å². The van der Waals surface area contributed by atoms with E-state index >= 15 is 0 Å². The Kier molecular flexibility index (Phi) is 4.09. The van der Waals surface area contributed by atoms with Crippen LogP contribution in [-0.4, -0.2) is 34.8 Å². The third kappa shape index (κ3) is 2.82. The number of hydrogen-bond donors (Lipinski definition) is 0. The molecule has 3 heterocycles. The molecule has 0 aromatic carbocycles. The number of carbonyl (C=O) groups is 1. The summed E-state index contributed by atoms with van der Waals surface area (Å²) >= 11 is 2.79. The molecule has 8 heteroatoms. The van der Waals surface area contributed by atoms with Crippen LogP contribution in [0.3, 0.4) is 0 Å². The van der Waals surface area contributed by atoms with Gasteiger partial charge in [0.2, 0.25) is 0 Å². The molecule has 0 bridgehead atoms. The Balaban J connectivity index is 2.00. The van der Waals surface area contributed by atoms with Crippen LogP contribution in [0.4, 0.5) is 9.18 Å². The number of aryl methyl sites for hydroxylation is 1. The predicted molar refractivity (Wildman–Crippen MR) is 83.0 cm³/mol. The number of urea groups is 1. The van der Waals surface area contributed by atoms with Crippen LogP contribution in [0.1, 0.15) is 16.9 Å². The average molecular weight is 336 g/mol. The van der Waals surface area contributed by atoms with Crippen LogP contribution in [0.25, 0.3) is 5.00 Å². The van der Waals surface area contributed by atoms with Crippen molar-refractivity contribution in [1.29, 1.82) is 5.26 Å². The number of halogens is 1. The van der Waals surface area contributed by atoms with Gasteiger partial charge in [-0.25, -0.2) is 9.18 Å². The molecule has 0 aliphatic carbocycles. The van der Waals surface area contributed by atoms with Gasteiger partial charge in [0.05, 0.1) is 12.1 Å². The number of nitriles is 1. The van der Waals surface area contributed by atoms with Gasteiger partial charge in [-0.15, -0.1) is 22.7 Å². The molecule has 0 unspecified atom stereocenters. The summed E-state index contributed by atoms with van der Waals surface area (Å²) in [7, 11) is 0. The van der Waals surface area contributed by atoms with Crippen LogP contribution in [0.5, 0.6) is 0 Å². The summed E-state index contributed by atoms with van der Waals surface area (Å²) in [6.45, 7) is 2.42. The number of hydrogen-bond acceptors (Lipinski definition) is 4. The first-order valence-corrected chi connectivity index (χ1v) is 8.43. The fourth-order valence-corrected chi connectivity index (χ4v) is 3.99. The van der Waals surface area contributed by atoms with E-state index in [2.05, 4.69) is 11.1 Å². The van der Waals surface area contributed by atoms with Crippen molar-refractivity contribution < 1.29 is 9.18 Å². The van der Waals surface area contributed by atoms with E-state index in [1.807, 2.05) is 18.5 Å². The van der Waals surface area contributed by atoms with Gasteiger partial charge in [0.15, 0.2) is 4.80 Å². The molecule has 2 aromatic heterocycles. The summed E-state index contributed by atoms with van der Waals surface area (Å²) in [5.41, 5.74) is 0.543. The number of aromatic nitrogens is 1. The van der Waals surface area contributed by atoms with E-state index in [1.165, 1.54) is 27.6 Å². The molecular weight excluding hydrogens is 323 g/mol. The lowest BCUT2D eigenvalue weighted by atomic mass is 10.3. The fourth-order valence-electron chi connectivity index (χ4n) is 2.30. The highest BCUT2D eigenvalue weighted by molar-refractivity contribution is 7.13. The Morgan fingerprint density at radius 2 is 2.41 bits per heavy atom. The van der Waals surface area contributed by atoms with Crippen LogP contribution in [0.15, 0.2) is 22.6 Å². The zero-order valence-electron chi connectivity index (χ0n) is 11.8. The van der Waals surface area contributed by atoms with Crippen molar-refractivity contribution in [1.82, 2.24) is 9.47 Å². The fraction of sp³-hybridized carbons (Fsp3) is 0.357. The number of likely N-dealkylation sites (tertiary alicyclic amines) is 1. The lowest BCUT2D eigenvalue weighted by Crippen LogP contribution is -2.28. The standard InChI is InChI=1S/C14H13FN4OS2/c1-9-7-19(12-10(6-16)3-5-21-12)14(22-9)17-13(20)18-4-2-11(15)8-18/h3,5,7,11H,2,4,8H2,1H3/t11-/m1/s1. The minimum atomic E-state index is -0.959. The minimum absolute atomic E-state index is 0.106. The summed E-state index contributed by atoms with van der Waals surface area (Å²) in [6, 6.07) is 3.44. The van der Waals surface area contributed by atoms with Crippen LogP contribution >= 0.6 is 22.7 Å². The number of thiazole rings is 1.